The molecule has 6 heteroatoms. The van der Waals surface area contributed by atoms with Gasteiger partial charge in [0.2, 0.25) is 0 Å². The van der Waals surface area contributed by atoms with E-state index < -0.39 is 11.6 Å². The van der Waals surface area contributed by atoms with Gasteiger partial charge in [0.25, 0.3) is 0 Å². The van der Waals surface area contributed by atoms with Gasteiger partial charge in [-0.15, -0.1) is 11.3 Å². The Bertz CT molecular complexity index is 1420. The van der Waals surface area contributed by atoms with E-state index in [1.807, 2.05) is 45.0 Å². The van der Waals surface area contributed by atoms with Crippen molar-refractivity contribution in [2.24, 2.45) is 0 Å². The van der Waals surface area contributed by atoms with Gasteiger partial charge in [-0.3, -0.25) is 5.10 Å². The highest BCUT2D eigenvalue weighted by atomic mass is 32.1. The molecule has 238 valence electrons. The first-order valence-corrected chi connectivity index (χ1v) is 15.3. The number of thiophene rings is 1. The van der Waals surface area contributed by atoms with Gasteiger partial charge in [0.1, 0.15) is 5.82 Å². The Hall–Kier alpha value is -3.90. The number of hydrogen-bond acceptors (Lipinski definition) is 2. The van der Waals surface area contributed by atoms with Crippen molar-refractivity contribution in [1.29, 1.82) is 0 Å². The van der Waals surface area contributed by atoms with Crippen molar-refractivity contribution in [2.45, 2.75) is 76.2 Å². The zero-order chi connectivity index (χ0) is 33.7. The van der Waals surface area contributed by atoms with Crippen LogP contribution in [0.5, 0.6) is 0 Å². The number of H-pyrrole nitrogens is 1. The van der Waals surface area contributed by atoms with Crippen molar-refractivity contribution in [1.82, 2.24) is 10.2 Å². The monoisotopic (exact) mass is 622 g/mol. The molecule has 5 rings (SSSR count). The van der Waals surface area contributed by atoms with Gasteiger partial charge in [0.05, 0.1) is 5.69 Å². The van der Waals surface area contributed by atoms with Crippen LogP contribution in [0.25, 0.3) is 0 Å². The molecule has 3 aromatic carbocycles. The predicted molar refractivity (Wildman–Crippen MR) is 185 cm³/mol. The van der Waals surface area contributed by atoms with E-state index in [9.17, 15) is 13.2 Å². The number of nitrogens with zero attached hydrogens (tertiary/aromatic N) is 1. The minimum atomic E-state index is -0.782. The average Bonchev–Trinajstić information content (AvgIpc) is 3.52. The molecule has 0 spiro atoms. The summed E-state index contributed by atoms with van der Waals surface area (Å²) in [5.74, 6) is -1.67. The van der Waals surface area contributed by atoms with Gasteiger partial charge in [-0.2, -0.15) is 5.10 Å². The van der Waals surface area contributed by atoms with Crippen LogP contribution in [0.1, 0.15) is 64.9 Å². The molecule has 0 saturated heterocycles. The molecule has 44 heavy (non-hydrogen) atoms. The minimum Gasteiger partial charge on any atom is -0.282 e. The second-order valence-electron chi connectivity index (χ2n) is 10.4. The van der Waals surface area contributed by atoms with E-state index >= 15 is 0 Å². The number of allylic oxidation sites excluding steroid dienone is 2. The van der Waals surface area contributed by atoms with Crippen LogP contribution in [0.4, 0.5) is 13.2 Å². The Labute approximate surface area is 267 Å². The van der Waals surface area contributed by atoms with Crippen molar-refractivity contribution in [3.05, 3.63) is 157 Å². The lowest BCUT2D eigenvalue weighted by atomic mass is 10.2. The second kappa shape index (κ2) is 22.6. The van der Waals surface area contributed by atoms with Crippen molar-refractivity contribution in [3.63, 3.8) is 0 Å². The predicted octanol–water partition coefficient (Wildman–Crippen LogP) is 12.1. The van der Waals surface area contributed by atoms with E-state index in [1.165, 1.54) is 58.0 Å². The fraction of sp³-hybridized carbons (Fsp3) is 0.289. The molecule has 0 aliphatic heterocycles. The lowest BCUT2D eigenvalue weighted by Crippen LogP contribution is -1.85. The summed E-state index contributed by atoms with van der Waals surface area (Å²) in [6.07, 6.45) is 2.08. The van der Waals surface area contributed by atoms with E-state index in [0.29, 0.717) is 11.1 Å². The molecule has 2 heterocycles. The number of aryl methyl sites for hydroxylation is 7. The summed E-state index contributed by atoms with van der Waals surface area (Å²) in [7, 11) is 0. The maximum Gasteiger partial charge on any atom is 0.161 e. The summed E-state index contributed by atoms with van der Waals surface area (Å²) >= 11 is 1.80. The van der Waals surface area contributed by atoms with Crippen molar-refractivity contribution in [2.75, 3.05) is 0 Å². The first kappa shape index (κ1) is 40.1. The van der Waals surface area contributed by atoms with Gasteiger partial charge in [-0.25, -0.2) is 13.2 Å². The Balaban J connectivity index is 0.000000508. The fourth-order valence-corrected chi connectivity index (χ4v) is 3.48. The normalized spacial score (nSPS) is 9.14. The summed E-state index contributed by atoms with van der Waals surface area (Å²) in [4.78, 5) is 1.43. The Morgan fingerprint density at radius 3 is 1.43 bits per heavy atom. The third-order valence-corrected chi connectivity index (χ3v) is 7.30. The number of nitrogens with one attached hydrogen (secondary N) is 1. The van der Waals surface area contributed by atoms with Crippen LogP contribution in [0, 0.1) is 72.8 Å². The Morgan fingerprint density at radius 2 is 1.18 bits per heavy atom. The molecular weight excluding hydrogens is 573 g/mol. The highest BCUT2D eigenvalue weighted by molar-refractivity contribution is 7.10. The minimum absolute atomic E-state index is 0.132. The molecule has 2 aromatic heterocycles. The standard InChI is InChI=1S/C7H6F2.C7H7F.C7H8.C6H10N2.C6H8S.C5H10/c1-5-3-2-4-6(8)7(5)9;1-6-4-2-3-5-7(6)8;1-7-5-3-2-4-6-7;1-4-5(2)7-8-6(4)3;1-5-3-4-7-6(5)2;1-4-5(2)3/h2-4H,1H3;2-5H,1H3;2-6H,1H3;1-3H3,(H,7,8);3-4H,1-2H3;4H,1-3H3. The van der Waals surface area contributed by atoms with Gasteiger partial charge in [0.15, 0.2) is 11.6 Å². The zero-order valence-corrected chi connectivity index (χ0v) is 29.0. The van der Waals surface area contributed by atoms with Crippen molar-refractivity contribution in [3.8, 4) is 0 Å². The van der Waals surface area contributed by atoms with Crippen LogP contribution in [0.3, 0.4) is 0 Å². The second-order valence-corrected chi connectivity index (χ2v) is 11.5. The van der Waals surface area contributed by atoms with E-state index in [1.54, 1.807) is 30.4 Å². The van der Waals surface area contributed by atoms with E-state index in [0.717, 1.165) is 11.8 Å². The maximum atomic E-state index is 12.4. The third kappa shape index (κ3) is 17.9. The molecule has 0 saturated carbocycles. The summed E-state index contributed by atoms with van der Waals surface area (Å²) in [5.41, 5.74) is 8.69. The van der Waals surface area contributed by atoms with E-state index in [2.05, 4.69) is 81.4 Å². The van der Waals surface area contributed by atoms with Crippen LogP contribution in [0.15, 0.2) is 95.9 Å². The highest BCUT2D eigenvalue weighted by Crippen LogP contribution is 2.12. The van der Waals surface area contributed by atoms with E-state index in [-0.39, 0.29) is 5.82 Å². The number of aromatic amines is 1. The number of benzene rings is 3. The lowest BCUT2D eigenvalue weighted by molar-refractivity contribution is 0.503. The summed E-state index contributed by atoms with van der Waals surface area (Å²) in [6.45, 7) is 21.9. The van der Waals surface area contributed by atoms with Gasteiger partial charge in [-0.1, -0.05) is 77.9 Å². The Kier molecular flexibility index (Phi) is 20.6. The van der Waals surface area contributed by atoms with Gasteiger partial charge in [0, 0.05) is 10.6 Å². The zero-order valence-electron chi connectivity index (χ0n) is 28.1. The number of hydrogen-bond donors (Lipinski definition) is 1. The Morgan fingerprint density at radius 1 is 0.659 bits per heavy atom. The quantitative estimate of drug-likeness (QED) is 0.171. The molecule has 5 aromatic rings. The summed E-state index contributed by atoms with van der Waals surface area (Å²) < 4.78 is 36.9. The summed E-state index contributed by atoms with van der Waals surface area (Å²) in [6, 6.07) is 23.2. The van der Waals surface area contributed by atoms with Crippen LogP contribution in [-0.2, 0) is 0 Å². The van der Waals surface area contributed by atoms with Crippen LogP contribution >= 0.6 is 11.3 Å². The topological polar surface area (TPSA) is 28.7 Å². The molecule has 0 fully saturated rings. The van der Waals surface area contributed by atoms with Crippen LogP contribution in [0.2, 0.25) is 0 Å². The fourth-order valence-electron chi connectivity index (χ4n) is 2.75. The molecule has 2 nitrogen and oxygen atoms in total. The molecule has 0 unspecified atom stereocenters. The van der Waals surface area contributed by atoms with Crippen molar-refractivity contribution < 1.29 is 13.2 Å². The maximum absolute atomic E-state index is 12.4. The van der Waals surface area contributed by atoms with Crippen LogP contribution < -0.4 is 0 Å². The highest BCUT2D eigenvalue weighted by Gasteiger charge is 2.00. The SMILES string of the molecule is CC=C(C)C.Cc1cccc(F)c1F.Cc1ccccc1.Cc1ccccc1F.Cc1ccsc1C.Cc1n[nH]c(C)c1C. The molecule has 1 N–H and O–H groups in total. The van der Waals surface area contributed by atoms with Gasteiger partial charge < -0.3 is 0 Å². The molecule has 0 aliphatic carbocycles. The summed E-state index contributed by atoms with van der Waals surface area (Å²) in [5, 5.41) is 8.99. The molecule has 0 atom stereocenters. The molecule has 0 radical (unpaired) electrons. The lowest BCUT2D eigenvalue weighted by Gasteiger charge is -1.93. The van der Waals surface area contributed by atoms with Gasteiger partial charge >= 0.3 is 0 Å². The smallest absolute Gasteiger partial charge is 0.161 e. The van der Waals surface area contributed by atoms with Gasteiger partial charge in [-0.05, 0) is 122 Å². The number of halogens is 3. The molecular formula is C38H49F3N2S. The third-order valence-electron chi connectivity index (χ3n) is 6.35. The first-order valence-electron chi connectivity index (χ1n) is 14.4. The van der Waals surface area contributed by atoms with Crippen molar-refractivity contribution >= 4 is 11.3 Å². The number of aromatic nitrogens is 2. The average molecular weight is 623 g/mol. The van der Waals surface area contributed by atoms with E-state index in [4.69, 9.17) is 0 Å². The van der Waals surface area contributed by atoms with Crippen LogP contribution in [-0.4, -0.2) is 10.2 Å². The molecule has 0 amide bonds. The molecule has 0 aliphatic rings. The number of rotatable bonds is 0. The largest absolute Gasteiger partial charge is 0.282 e. The first-order chi connectivity index (χ1) is 20.7. The molecule has 0 bridgehead atoms.